The topological polar surface area (TPSA) is 55.8 Å². The van der Waals surface area contributed by atoms with Crippen molar-refractivity contribution in [1.29, 1.82) is 0 Å². The van der Waals surface area contributed by atoms with Gasteiger partial charge in [0.1, 0.15) is 12.4 Å². The van der Waals surface area contributed by atoms with Gasteiger partial charge in [-0.15, -0.1) is 0 Å². The molecule has 2 aromatic carbocycles. The van der Waals surface area contributed by atoms with E-state index in [1.165, 1.54) is 0 Å². The lowest BCUT2D eigenvalue weighted by Gasteiger charge is -2.30. The highest BCUT2D eigenvalue weighted by Gasteiger charge is 2.21. The first-order valence-electron chi connectivity index (χ1n) is 9.13. The van der Waals surface area contributed by atoms with E-state index in [0.717, 1.165) is 5.56 Å². The molecule has 144 valence electrons. The number of carbonyl (C=O) groups excluding carboxylic acids is 2. The van der Waals surface area contributed by atoms with Gasteiger partial charge in [0.05, 0.1) is 5.56 Å². The van der Waals surface area contributed by atoms with Crippen molar-refractivity contribution in [2.24, 2.45) is 0 Å². The summed E-state index contributed by atoms with van der Waals surface area (Å²) in [6.45, 7) is 7.95. The number of hydrogen-bond donors (Lipinski definition) is 0. The fourth-order valence-electron chi connectivity index (χ4n) is 2.89. The normalized spacial score (nSPS) is 10.7. The second-order valence-electron chi connectivity index (χ2n) is 6.86. The van der Waals surface area contributed by atoms with Gasteiger partial charge in [-0.3, -0.25) is 4.79 Å². The van der Waals surface area contributed by atoms with Crippen LogP contribution in [0.15, 0.2) is 54.6 Å². The van der Waals surface area contributed by atoms with Crippen molar-refractivity contribution in [2.45, 2.75) is 46.4 Å². The van der Waals surface area contributed by atoms with E-state index in [0.29, 0.717) is 17.9 Å². The minimum Gasteiger partial charge on any atom is -0.489 e. The fourth-order valence-corrected chi connectivity index (χ4v) is 2.89. The van der Waals surface area contributed by atoms with Gasteiger partial charge < -0.3 is 14.4 Å². The number of rotatable bonds is 8. The van der Waals surface area contributed by atoms with Crippen LogP contribution >= 0.6 is 0 Å². The van der Waals surface area contributed by atoms with Crippen molar-refractivity contribution < 1.29 is 19.1 Å². The Morgan fingerprint density at radius 2 is 1.48 bits per heavy atom. The summed E-state index contributed by atoms with van der Waals surface area (Å²) in [5.41, 5.74) is 1.45. The highest BCUT2D eigenvalue weighted by atomic mass is 16.5. The van der Waals surface area contributed by atoms with Gasteiger partial charge in [-0.05, 0) is 57.5 Å². The van der Waals surface area contributed by atoms with Gasteiger partial charge in [0.25, 0.3) is 5.91 Å². The largest absolute Gasteiger partial charge is 0.489 e. The molecule has 0 unspecified atom stereocenters. The SMILES string of the molecule is CC(C)N(C(=O)COC(=O)c1ccc(OCc2ccccc2)cc1)C(C)C. The molecule has 0 heterocycles. The third-order valence-corrected chi connectivity index (χ3v) is 4.07. The van der Waals surface area contributed by atoms with Crippen LogP contribution in [0.2, 0.25) is 0 Å². The van der Waals surface area contributed by atoms with Crippen molar-refractivity contribution in [1.82, 2.24) is 4.90 Å². The van der Waals surface area contributed by atoms with Gasteiger partial charge in [-0.25, -0.2) is 4.79 Å². The molecular weight excluding hydrogens is 342 g/mol. The average molecular weight is 369 g/mol. The number of nitrogens with zero attached hydrogens (tertiary/aromatic N) is 1. The molecule has 2 aromatic rings. The van der Waals surface area contributed by atoms with Crippen molar-refractivity contribution in [3.8, 4) is 5.75 Å². The van der Waals surface area contributed by atoms with Gasteiger partial charge in [0.2, 0.25) is 0 Å². The Hall–Kier alpha value is -2.82. The van der Waals surface area contributed by atoms with Crippen LogP contribution in [0, 0.1) is 0 Å². The Bertz CT molecular complexity index is 731. The van der Waals surface area contributed by atoms with E-state index in [4.69, 9.17) is 9.47 Å². The van der Waals surface area contributed by atoms with Crippen LogP contribution in [-0.2, 0) is 16.1 Å². The van der Waals surface area contributed by atoms with E-state index in [9.17, 15) is 9.59 Å². The average Bonchev–Trinajstić information content (AvgIpc) is 2.65. The smallest absolute Gasteiger partial charge is 0.338 e. The third kappa shape index (κ3) is 6.13. The summed E-state index contributed by atoms with van der Waals surface area (Å²) >= 11 is 0. The van der Waals surface area contributed by atoms with Crippen molar-refractivity contribution >= 4 is 11.9 Å². The van der Waals surface area contributed by atoms with Crippen LogP contribution in [0.3, 0.4) is 0 Å². The highest BCUT2D eigenvalue weighted by molar-refractivity contribution is 5.91. The van der Waals surface area contributed by atoms with E-state index >= 15 is 0 Å². The Labute approximate surface area is 160 Å². The first-order chi connectivity index (χ1) is 12.9. The van der Waals surface area contributed by atoms with E-state index in [1.54, 1.807) is 29.2 Å². The molecule has 0 aliphatic carbocycles. The molecule has 27 heavy (non-hydrogen) atoms. The molecule has 0 N–H and O–H groups in total. The predicted octanol–water partition coefficient (Wildman–Crippen LogP) is 4.07. The lowest BCUT2D eigenvalue weighted by molar-refractivity contribution is -0.138. The molecule has 1 amide bonds. The maximum Gasteiger partial charge on any atom is 0.338 e. The molecule has 0 aromatic heterocycles. The number of benzene rings is 2. The van der Waals surface area contributed by atoms with Gasteiger partial charge in [-0.2, -0.15) is 0 Å². The van der Waals surface area contributed by atoms with Crippen LogP contribution in [0.1, 0.15) is 43.6 Å². The maximum atomic E-state index is 12.3. The number of amides is 1. The molecule has 0 bridgehead atoms. The molecule has 5 heteroatoms. The summed E-state index contributed by atoms with van der Waals surface area (Å²) in [7, 11) is 0. The number of hydrogen-bond acceptors (Lipinski definition) is 4. The van der Waals surface area contributed by atoms with Crippen LogP contribution < -0.4 is 4.74 Å². The van der Waals surface area contributed by atoms with Crippen LogP contribution in [0.5, 0.6) is 5.75 Å². The third-order valence-electron chi connectivity index (χ3n) is 4.07. The van der Waals surface area contributed by atoms with Crippen LogP contribution in [0.25, 0.3) is 0 Å². The molecule has 0 saturated carbocycles. The van der Waals surface area contributed by atoms with E-state index in [1.807, 2.05) is 58.0 Å². The molecular formula is C22H27NO4. The zero-order chi connectivity index (χ0) is 19.8. The van der Waals surface area contributed by atoms with Crippen molar-refractivity contribution in [3.63, 3.8) is 0 Å². The van der Waals surface area contributed by atoms with E-state index in [-0.39, 0.29) is 24.6 Å². The van der Waals surface area contributed by atoms with Crippen LogP contribution in [0.4, 0.5) is 0 Å². The molecule has 0 fully saturated rings. The molecule has 0 saturated heterocycles. The molecule has 2 rings (SSSR count). The Balaban J connectivity index is 1.87. The van der Waals surface area contributed by atoms with Gasteiger partial charge in [-0.1, -0.05) is 30.3 Å². The van der Waals surface area contributed by atoms with Crippen molar-refractivity contribution in [3.05, 3.63) is 65.7 Å². The van der Waals surface area contributed by atoms with Crippen LogP contribution in [-0.4, -0.2) is 35.5 Å². The fraction of sp³-hybridized carbons (Fsp3) is 0.364. The minimum atomic E-state index is -0.523. The maximum absolute atomic E-state index is 12.3. The number of ether oxygens (including phenoxy) is 2. The standard InChI is InChI=1S/C22H27NO4/c1-16(2)23(17(3)4)21(24)15-27-22(25)19-10-12-20(13-11-19)26-14-18-8-6-5-7-9-18/h5-13,16-17H,14-15H2,1-4H3. The second kappa shape index (κ2) is 9.76. The number of esters is 1. The van der Waals surface area contributed by atoms with E-state index < -0.39 is 5.97 Å². The summed E-state index contributed by atoms with van der Waals surface area (Å²) < 4.78 is 10.9. The first-order valence-corrected chi connectivity index (χ1v) is 9.13. The zero-order valence-electron chi connectivity index (χ0n) is 16.3. The summed E-state index contributed by atoms with van der Waals surface area (Å²) in [5, 5.41) is 0. The van der Waals surface area contributed by atoms with Gasteiger partial charge in [0, 0.05) is 12.1 Å². The van der Waals surface area contributed by atoms with E-state index in [2.05, 4.69) is 0 Å². The zero-order valence-corrected chi connectivity index (χ0v) is 16.3. The lowest BCUT2D eigenvalue weighted by atomic mass is 10.2. The first kappa shape index (κ1) is 20.5. The molecule has 0 atom stereocenters. The Kier molecular flexibility index (Phi) is 7.41. The lowest BCUT2D eigenvalue weighted by Crippen LogP contribution is -2.44. The Morgan fingerprint density at radius 3 is 2.04 bits per heavy atom. The molecule has 0 aliphatic heterocycles. The highest BCUT2D eigenvalue weighted by Crippen LogP contribution is 2.15. The monoisotopic (exact) mass is 369 g/mol. The molecule has 0 radical (unpaired) electrons. The Morgan fingerprint density at radius 1 is 0.889 bits per heavy atom. The molecule has 0 spiro atoms. The second-order valence-corrected chi connectivity index (χ2v) is 6.86. The number of carbonyl (C=O) groups is 2. The molecule has 0 aliphatic rings. The minimum absolute atomic E-state index is 0.0530. The summed E-state index contributed by atoms with van der Waals surface area (Å²) in [4.78, 5) is 26.1. The van der Waals surface area contributed by atoms with Gasteiger partial charge in [0.15, 0.2) is 6.61 Å². The summed E-state index contributed by atoms with van der Waals surface area (Å²) in [6.07, 6.45) is 0. The predicted molar refractivity (Wildman–Crippen MR) is 105 cm³/mol. The van der Waals surface area contributed by atoms with Gasteiger partial charge >= 0.3 is 5.97 Å². The molecule has 5 nitrogen and oxygen atoms in total. The quantitative estimate of drug-likeness (QED) is 0.658. The summed E-state index contributed by atoms with van der Waals surface area (Å²) in [5.74, 6) is -0.0566. The van der Waals surface area contributed by atoms with Crippen molar-refractivity contribution in [2.75, 3.05) is 6.61 Å². The summed E-state index contributed by atoms with van der Waals surface area (Å²) in [6, 6.07) is 16.7.